The van der Waals surface area contributed by atoms with Gasteiger partial charge in [0, 0.05) is 16.6 Å². The average molecular weight is 393 g/mol. The Bertz CT molecular complexity index is 1140. The third-order valence-corrected chi connectivity index (χ3v) is 4.32. The molecule has 0 saturated heterocycles. The number of H-pyrrole nitrogens is 1. The van der Waals surface area contributed by atoms with Crippen LogP contribution in [0, 0.1) is 0 Å². The first-order chi connectivity index (χ1) is 13.8. The van der Waals surface area contributed by atoms with Gasteiger partial charge in [0.2, 0.25) is 0 Å². The fourth-order valence-electron chi connectivity index (χ4n) is 2.77. The number of nitrogens with zero attached hydrogens (tertiary/aromatic N) is 1. The van der Waals surface area contributed by atoms with Crippen LogP contribution in [0.2, 0.25) is 0 Å². The first-order valence-corrected chi connectivity index (χ1v) is 8.93. The summed E-state index contributed by atoms with van der Waals surface area (Å²) in [6.45, 7) is 2.91. The molecule has 3 aromatic rings. The van der Waals surface area contributed by atoms with Crippen molar-refractivity contribution >= 4 is 34.1 Å². The SMILES string of the molecule is CC(=O)c1ccc(NC(=O)[C@H](C)OC(=O)Cc2n[nH]c(=O)c3ccccc23)cc1. The first-order valence-electron chi connectivity index (χ1n) is 8.93. The van der Waals surface area contributed by atoms with Crippen LogP contribution in [0.1, 0.15) is 29.9 Å². The number of carbonyl (C=O) groups is 3. The molecule has 3 rings (SSSR count). The molecule has 29 heavy (non-hydrogen) atoms. The molecule has 0 bridgehead atoms. The number of hydrogen-bond donors (Lipinski definition) is 2. The van der Waals surface area contributed by atoms with E-state index in [1.54, 1.807) is 48.5 Å². The zero-order valence-electron chi connectivity index (χ0n) is 15.9. The number of ketones is 1. The average Bonchev–Trinajstić information content (AvgIpc) is 2.70. The number of esters is 1. The molecule has 2 N–H and O–H groups in total. The summed E-state index contributed by atoms with van der Waals surface area (Å²) >= 11 is 0. The molecule has 1 amide bonds. The number of benzene rings is 2. The molecule has 0 spiro atoms. The number of ether oxygens (including phenoxy) is 1. The number of anilines is 1. The number of nitrogens with one attached hydrogen (secondary N) is 2. The number of carbonyl (C=O) groups excluding carboxylic acids is 3. The van der Waals surface area contributed by atoms with Crippen molar-refractivity contribution in [3.63, 3.8) is 0 Å². The Morgan fingerprint density at radius 1 is 1.07 bits per heavy atom. The summed E-state index contributed by atoms with van der Waals surface area (Å²) in [6, 6.07) is 13.2. The van der Waals surface area contributed by atoms with Crippen LogP contribution in [0.4, 0.5) is 5.69 Å². The van der Waals surface area contributed by atoms with Crippen molar-refractivity contribution in [2.45, 2.75) is 26.4 Å². The topological polar surface area (TPSA) is 118 Å². The van der Waals surface area contributed by atoms with Gasteiger partial charge >= 0.3 is 5.97 Å². The Kier molecular flexibility index (Phi) is 5.82. The Morgan fingerprint density at radius 3 is 2.38 bits per heavy atom. The largest absolute Gasteiger partial charge is 0.452 e. The van der Waals surface area contributed by atoms with E-state index in [0.29, 0.717) is 27.7 Å². The van der Waals surface area contributed by atoms with Gasteiger partial charge in [-0.05, 0) is 44.2 Å². The molecule has 1 atom stereocenters. The molecular formula is C21H19N3O5. The van der Waals surface area contributed by atoms with Gasteiger partial charge in [0.1, 0.15) is 0 Å². The van der Waals surface area contributed by atoms with E-state index < -0.39 is 18.0 Å². The van der Waals surface area contributed by atoms with E-state index in [9.17, 15) is 19.2 Å². The Hall–Kier alpha value is -3.81. The van der Waals surface area contributed by atoms with Crippen LogP contribution < -0.4 is 10.9 Å². The molecule has 1 heterocycles. The summed E-state index contributed by atoms with van der Waals surface area (Å²) in [5, 5.41) is 9.87. The molecule has 148 valence electrons. The van der Waals surface area contributed by atoms with Crippen molar-refractivity contribution in [2.75, 3.05) is 5.32 Å². The van der Waals surface area contributed by atoms with Crippen molar-refractivity contribution in [1.29, 1.82) is 0 Å². The zero-order chi connectivity index (χ0) is 21.0. The first kappa shape index (κ1) is 19.9. The molecule has 0 saturated carbocycles. The Balaban J connectivity index is 1.63. The maximum atomic E-state index is 12.3. The highest BCUT2D eigenvalue weighted by Crippen LogP contribution is 2.14. The van der Waals surface area contributed by atoms with Gasteiger partial charge in [0.15, 0.2) is 11.9 Å². The molecule has 0 unspecified atom stereocenters. The maximum absolute atomic E-state index is 12.3. The Labute approximate surface area is 165 Å². The van der Waals surface area contributed by atoms with Gasteiger partial charge < -0.3 is 10.1 Å². The molecule has 1 aromatic heterocycles. The molecule has 0 fully saturated rings. The molecule has 8 heteroatoms. The van der Waals surface area contributed by atoms with E-state index >= 15 is 0 Å². The quantitative estimate of drug-likeness (QED) is 0.490. The summed E-state index contributed by atoms with van der Waals surface area (Å²) in [4.78, 5) is 47.6. The minimum atomic E-state index is -1.04. The zero-order valence-corrected chi connectivity index (χ0v) is 15.9. The van der Waals surface area contributed by atoms with Crippen molar-refractivity contribution in [3.05, 3.63) is 70.1 Å². The molecule has 2 aromatic carbocycles. The molecular weight excluding hydrogens is 374 g/mol. The van der Waals surface area contributed by atoms with E-state index in [1.165, 1.54) is 13.8 Å². The second-order valence-corrected chi connectivity index (χ2v) is 6.48. The third-order valence-electron chi connectivity index (χ3n) is 4.32. The minimum absolute atomic E-state index is 0.0754. The number of amides is 1. The van der Waals surface area contributed by atoms with E-state index in [0.717, 1.165) is 0 Å². The monoisotopic (exact) mass is 393 g/mol. The maximum Gasteiger partial charge on any atom is 0.312 e. The summed E-state index contributed by atoms with van der Waals surface area (Å²) in [5.74, 6) is -1.23. The van der Waals surface area contributed by atoms with E-state index in [1.807, 2.05) is 0 Å². The highest BCUT2D eigenvalue weighted by molar-refractivity contribution is 5.97. The van der Waals surface area contributed by atoms with E-state index in [-0.39, 0.29) is 17.8 Å². The van der Waals surface area contributed by atoms with Gasteiger partial charge in [-0.25, -0.2) is 5.10 Å². The van der Waals surface area contributed by atoms with Gasteiger partial charge in [-0.15, -0.1) is 0 Å². The second kappa shape index (κ2) is 8.47. The summed E-state index contributed by atoms with van der Waals surface area (Å²) in [6.07, 6.45) is -1.23. The lowest BCUT2D eigenvalue weighted by atomic mass is 10.1. The van der Waals surface area contributed by atoms with Crippen molar-refractivity contribution in [3.8, 4) is 0 Å². The van der Waals surface area contributed by atoms with Crippen molar-refractivity contribution in [1.82, 2.24) is 10.2 Å². The van der Waals surface area contributed by atoms with Crippen LogP contribution in [0.25, 0.3) is 10.8 Å². The highest BCUT2D eigenvalue weighted by Gasteiger charge is 2.20. The predicted molar refractivity (Wildman–Crippen MR) is 107 cm³/mol. The highest BCUT2D eigenvalue weighted by atomic mass is 16.5. The van der Waals surface area contributed by atoms with Gasteiger partial charge in [-0.3, -0.25) is 19.2 Å². The summed E-state index contributed by atoms with van der Waals surface area (Å²) in [5.41, 5.74) is 1.03. The molecule has 0 radical (unpaired) electrons. The fraction of sp³-hybridized carbons (Fsp3) is 0.190. The number of rotatable bonds is 6. The number of fused-ring (bicyclic) bond motifs is 1. The normalized spacial score (nSPS) is 11.7. The lowest BCUT2D eigenvalue weighted by molar-refractivity contribution is -0.152. The van der Waals surface area contributed by atoms with Crippen LogP contribution in [-0.4, -0.2) is 34.0 Å². The molecule has 0 aliphatic rings. The van der Waals surface area contributed by atoms with Crippen molar-refractivity contribution < 1.29 is 19.1 Å². The molecule has 8 nitrogen and oxygen atoms in total. The van der Waals surface area contributed by atoms with Crippen LogP contribution in [0.5, 0.6) is 0 Å². The fourth-order valence-corrected chi connectivity index (χ4v) is 2.77. The Morgan fingerprint density at radius 2 is 1.72 bits per heavy atom. The molecule has 0 aliphatic heterocycles. The van der Waals surface area contributed by atoms with E-state index in [4.69, 9.17) is 4.74 Å². The minimum Gasteiger partial charge on any atom is -0.452 e. The summed E-state index contributed by atoms with van der Waals surface area (Å²) in [7, 11) is 0. The lowest BCUT2D eigenvalue weighted by Crippen LogP contribution is -2.30. The number of aromatic amines is 1. The molecule has 0 aliphatic carbocycles. The van der Waals surface area contributed by atoms with Crippen LogP contribution in [0.15, 0.2) is 53.3 Å². The lowest BCUT2D eigenvalue weighted by Gasteiger charge is -2.14. The number of hydrogen-bond acceptors (Lipinski definition) is 6. The van der Waals surface area contributed by atoms with Crippen LogP contribution in [0.3, 0.4) is 0 Å². The van der Waals surface area contributed by atoms with Gasteiger partial charge in [-0.2, -0.15) is 5.10 Å². The summed E-state index contributed by atoms with van der Waals surface area (Å²) < 4.78 is 5.19. The van der Waals surface area contributed by atoms with Crippen LogP contribution in [-0.2, 0) is 20.7 Å². The smallest absolute Gasteiger partial charge is 0.312 e. The third kappa shape index (κ3) is 4.73. The van der Waals surface area contributed by atoms with Crippen LogP contribution >= 0.6 is 0 Å². The van der Waals surface area contributed by atoms with Gasteiger partial charge in [-0.1, -0.05) is 18.2 Å². The number of aromatic nitrogens is 2. The standard InChI is InChI=1S/C21H19N3O5/c1-12(25)14-7-9-15(10-8-14)22-20(27)13(2)29-19(26)11-18-16-5-3-4-6-17(16)21(28)24-23-18/h3-10,13H,11H2,1-2H3,(H,22,27)(H,24,28)/t13-/m0/s1. The predicted octanol–water partition coefficient (Wildman–Crippen LogP) is 2.24. The van der Waals surface area contributed by atoms with Gasteiger partial charge in [0.05, 0.1) is 17.5 Å². The van der Waals surface area contributed by atoms with Crippen molar-refractivity contribution in [2.24, 2.45) is 0 Å². The number of Topliss-reactive ketones (excluding diaryl/α,β-unsaturated/α-hetero) is 1. The second-order valence-electron chi connectivity index (χ2n) is 6.48. The van der Waals surface area contributed by atoms with E-state index in [2.05, 4.69) is 15.5 Å². The van der Waals surface area contributed by atoms with Gasteiger partial charge in [0.25, 0.3) is 11.5 Å².